The molecule has 1 aliphatic heterocycles. The number of methoxy groups -OCH3 is 1. The average Bonchev–Trinajstić information content (AvgIpc) is 3.47. The summed E-state index contributed by atoms with van der Waals surface area (Å²) in [4.78, 5) is 12.0. The Bertz CT molecular complexity index is 1260. The molecule has 164 valence electrons. The number of aryl methyl sites for hydroxylation is 1. The molecule has 0 spiro atoms. The minimum atomic E-state index is 0.523. The highest BCUT2D eigenvalue weighted by Gasteiger charge is 2.22. The summed E-state index contributed by atoms with van der Waals surface area (Å²) in [5, 5.41) is 11.0. The van der Waals surface area contributed by atoms with Gasteiger partial charge in [-0.05, 0) is 50.6 Å². The van der Waals surface area contributed by atoms with Crippen LogP contribution in [0, 0.1) is 13.8 Å². The van der Waals surface area contributed by atoms with Crippen LogP contribution in [0.15, 0.2) is 42.6 Å². The molecule has 1 aromatic carbocycles. The highest BCUT2D eigenvalue weighted by atomic mass is 16.5. The van der Waals surface area contributed by atoms with Gasteiger partial charge in [0.2, 0.25) is 0 Å². The third-order valence-electron chi connectivity index (χ3n) is 6.52. The van der Waals surface area contributed by atoms with Crippen LogP contribution in [0.1, 0.15) is 17.5 Å². The quantitative estimate of drug-likeness (QED) is 0.498. The van der Waals surface area contributed by atoms with Crippen molar-refractivity contribution in [3.8, 4) is 28.3 Å². The first-order chi connectivity index (χ1) is 15.6. The van der Waals surface area contributed by atoms with E-state index in [4.69, 9.17) is 14.7 Å². The van der Waals surface area contributed by atoms with Gasteiger partial charge in [0, 0.05) is 42.5 Å². The molecule has 0 aliphatic carbocycles. The van der Waals surface area contributed by atoms with Crippen LogP contribution in [-0.2, 0) is 0 Å². The molecule has 3 aromatic heterocycles. The van der Waals surface area contributed by atoms with Gasteiger partial charge in [-0.2, -0.15) is 5.10 Å². The van der Waals surface area contributed by atoms with E-state index in [9.17, 15) is 0 Å². The van der Waals surface area contributed by atoms with Crippen molar-refractivity contribution >= 4 is 16.9 Å². The number of H-pyrrole nitrogens is 1. The molecule has 0 amide bonds. The van der Waals surface area contributed by atoms with E-state index in [2.05, 4.69) is 64.6 Å². The number of nitrogens with zero attached hydrogens (tertiary/aromatic N) is 4. The van der Waals surface area contributed by atoms with Crippen LogP contribution in [0.2, 0.25) is 0 Å². The molecule has 0 radical (unpaired) electrons. The molecule has 2 N–H and O–H groups in total. The molecule has 5 rings (SSSR count). The van der Waals surface area contributed by atoms with E-state index in [1.54, 1.807) is 7.11 Å². The van der Waals surface area contributed by atoms with Crippen LogP contribution in [0.25, 0.3) is 33.5 Å². The average molecular weight is 429 g/mol. The number of rotatable bonds is 5. The molecule has 0 unspecified atom stereocenters. The summed E-state index contributed by atoms with van der Waals surface area (Å²) < 4.78 is 5.67. The lowest BCUT2D eigenvalue weighted by molar-refractivity contribution is 0.415. The number of nitrogens with one attached hydrogen (secondary N) is 2. The fraction of sp³-hybridized carbons (Fsp3) is 0.320. The maximum Gasteiger partial charge on any atom is 0.147 e. The van der Waals surface area contributed by atoms with E-state index in [-0.39, 0.29) is 0 Å². The minimum Gasteiger partial charge on any atom is -0.494 e. The number of pyridine rings is 2. The van der Waals surface area contributed by atoms with Gasteiger partial charge >= 0.3 is 0 Å². The zero-order chi connectivity index (χ0) is 22.2. The second-order valence-electron chi connectivity index (χ2n) is 8.38. The molecule has 1 saturated heterocycles. The van der Waals surface area contributed by atoms with Gasteiger partial charge in [0.15, 0.2) is 0 Å². The summed E-state index contributed by atoms with van der Waals surface area (Å²) in [6.07, 6.45) is 3.03. The van der Waals surface area contributed by atoms with Crippen LogP contribution >= 0.6 is 0 Å². The number of hydrogen-bond donors (Lipinski definition) is 2. The molecule has 1 aliphatic rings. The van der Waals surface area contributed by atoms with E-state index >= 15 is 0 Å². The highest BCUT2D eigenvalue weighted by Crippen LogP contribution is 2.36. The Morgan fingerprint density at radius 1 is 1.16 bits per heavy atom. The summed E-state index contributed by atoms with van der Waals surface area (Å²) >= 11 is 0. The van der Waals surface area contributed by atoms with Crippen molar-refractivity contribution < 1.29 is 4.74 Å². The van der Waals surface area contributed by atoms with Gasteiger partial charge in [0.05, 0.1) is 12.6 Å². The smallest absolute Gasteiger partial charge is 0.147 e. The Labute approximate surface area is 187 Å². The Kier molecular flexibility index (Phi) is 5.27. The molecule has 0 saturated carbocycles. The van der Waals surface area contributed by atoms with Gasteiger partial charge in [-0.25, -0.2) is 9.97 Å². The van der Waals surface area contributed by atoms with Crippen LogP contribution < -0.4 is 15.0 Å². The maximum atomic E-state index is 5.67. The zero-order valence-electron chi connectivity index (χ0n) is 18.9. The molecule has 4 aromatic rings. The fourth-order valence-electron chi connectivity index (χ4n) is 4.40. The maximum absolute atomic E-state index is 5.67. The fourth-order valence-corrected chi connectivity index (χ4v) is 4.40. The van der Waals surface area contributed by atoms with Gasteiger partial charge in [-0.15, -0.1) is 0 Å². The lowest BCUT2D eigenvalue weighted by Crippen LogP contribution is -2.29. The number of fused-ring (bicyclic) bond motifs is 1. The van der Waals surface area contributed by atoms with Crippen molar-refractivity contribution in [1.82, 2.24) is 25.5 Å². The Morgan fingerprint density at radius 2 is 2.03 bits per heavy atom. The molecule has 7 nitrogen and oxygen atoms in total. The molecule has 1 fully saturated rings. The van der Waals surface area contributed by atoms with Crippen molar-refractivity contribution in [1.29, 1.82) is 0 Å². The van der Waals surface area contributed by atoms with Crippen molar-refractivity contribution in [3.63, 3.8) is 0 Å². The number of ether oxygens (including phenoxy) is 1. The molecule has 1 atom stereocenters. The Morgan fingerprint density at radius 3 is 2.75 bits per heavy atom. The van der Waals surface area contributed by atoms with Crippen LogP contribution in [0.3, 0.4) is 0 Å². The Hall–Kier alpha value is -3.45. The predicted molar refractivity (Wildman–Crippen MR) is 128 cm³/mol. The van der Waals surface area contributed by atoms with E-state index in [1.807, 2.05) is 19.3 Å². The zero-order valence-corrected chi connectivity index (χ0v) is 18.9. The molecule has 32 heavy (non-hydrogen) atoms. The summed E-state index contributed by atoms with van der Waals surface area (Å²) in [6.45, 7) is 6.23. The van der Waals surface area contributed by atoms with Crippen LogP contribution in [-0.4, -0.2) is 53.5 Å². The van der Waals surface area contributed by atoms with E-state index in [0.29, 0.717) is 6.04 Å². The number of benzene rings is 1. The number of hydrogen-bond acceptors (Lipinski definition) is 6. The van der Waals surface area contributed by atoms with Crippen molar-refractivity contribution in [2.45, 2.75) is 26.3 Å². The number of likely N-dealkylation sites (N-methyl/N-ethyl adjacent to an activating group) is 1. The minimum absolute atomic E-state index is 0.523. The van der Waals surface area contributed by atoms with Gasteiger partial charge in [0.1, 0.15) is 28.5 Å². The third-order valence-corrected chi connectivity index (χ3v) is 6.52. The normalized spacial score (nSPS) is 16.1. The first kappa shape index (κ1) is 20.5. The standard InChI is InChI=1S/C25H28N6O/c1-15-6-5-7-19(16(15)2)24-21(32-4)12-20-25(28-24)23(30-29-20)17-8-9-22(27-13-17)31-11-10-18(14-31)26-3/h5-9,12-13,18,26H,10-11,14H2,1-4H3,(H,29,30)/t18-/m0/s1. The first-order valence-corrected chi connectivity index (χ1v) is 11.0. The van der Waals surface area contributed by atoms with E-state index in [0.717, 1.165) is 64.6 Å². The van der Waals surface area contributed by atoms with Crippen molar-refractivity contribution in [2.24, 2.45) is 0 Å². The van der Waals surface area contributed by atoms with E-state index < -0.39 is 0 Å². The van der Waals surface area contributed by atoms with Crippen LogP contribution in [0.5, 0.6) is 5.75 Å². The number of aromatic amines is 1. The number of aromatic nitrogens is 4. The predicted octanol–water partition coefficient (Wildman–Crippen LogP) is 4.11. The molecule has 7 heteroatoms. The topological polar surface area (TPSA) is 79.0 Å². The van der Waals surface area contributed by atoms with Crippen LogP contribution in [0.4, 0.5) is 5.82 Å². The lowest BCUT2D eigenvalue weighted by Gasteiger charge is -2.17. The highest BCUT2D eigenvalue weighted by molar-refractivity contribution is 5.93. The van der Waals surface area contributed by atoms with Gasteiger partial charge in [-0.3, -0.25) is 5.10 Å². The van der Waals surface area contributed by atoms with E-state index in [1.165, 1.54) is 11.1 Å². The molecular weight excluding hydrogens is 400 g/mol. The van der Waals surface area contributed by atoms with Gasteiger partial charge in [-0.1, -0.05) is 18.2 Å². The van der Waals surface area contributed by atoms with Gasteiger partial charge in [0.25, 0.3) is 0 Å². The summed E-state index contributed by atoms with van der Waals surface area (Å²) in [6, 6.07) is 12.9. The first-order valence-electron chi connectivity index (χ1n) is 11.0. The largest absolute Gasteiger partial charge is 0.494 e. The second kappa shape index (κ2) is 8.24. The Balaban J connectivity index is 1.55. The summed E-state index contributed by atoms with van der Waals surface area (Å²) in [5.74, 6) is 1.72. The van der Waals surface area contributed by atoms with Crippen molar-refractivity contribution in [2.75, 3.05) is 32.1 Å². The molecular formula is C25H28N6O. The third kappa shape index (κ3) is 3.48. The molecule has 4 heterocycles. The van der Waals surface area contributed by atoms with Crippen molar-refractivity contribution in [3.05, 3.63) is 53.7 Å². The molecule has 0 bridgehead atoms. The SMILES string of the molecule is CN[C@H]1CCN(c2ccc(-c3n[nH]c4cc(OC)c(-c5cccc(C)c5C)nc34)cn2)C1. The summed E-state index contributed by atoms with van der Waals surface area (Å²) in [5.41, 5.74) is 7.69. The summed E-state index contributed by atoms with van der Waals surface area (Å²) in [7, 11) is 3.69. The second-order valence-corrected chi connectivity index (χ2v) is 8.38. The lowest BCUT2D eigenvalue weighted by atomic mass is 9.99. The number of anilines is 1. The monoisotopic (exact) mass is 428 g/mol. The van der Waals surface area contributed by atoms with Gasteiger partial charge < -0.3 is 15.0 Å².